The van der Waals surface area contributed by atoms with Gasteiger partial charge in [0.25, 0.3) is 5.69 Å². The number of nitrogens with two attached hydrogens (primary N) is 1. The Morgan fingerprint density at radius 3 is 2.59 bits per heavy atom. The molecule has 1 aliphatic rings. The molecule has 0 saturated heterocycles. The van der Waals surface area contributed by atoms with E-state index >= 15 is 0 Å². The van der Waals surface area contributed by atoms with E-state index in [0.29, 0.717) is 12.5 Å². The van der Waals surface area contributed by atoms with E-state index < -0.39 is 0 Å². The summed E-state index contributed by atoms with van der Waals surface area (Å²) < 4.78 is 0. The van der Waals surface area contributed by atoms with Crippen LogP contribution in [0.15, 0.2) is 18.2 Å². The molecule has 0 heterocycles. The van der Waals surface area contributed by atoms with Crippen molar-refractivity contribution in [2.45, 2.75) is 26.7 Å². The molecule has 1 fully saturated rings. The molecular formula is C13H18N2O2. The maximum atomic E-state index is 11.0. The average molecular weight is 234 g/mol. The lowest BCUT2D eigenvalue weighted by Crippen LogP contribution is -2.05. The normalized spacial score (nSPS) is 25.6. The van der Waals surface area contributed by atoms with Gasteiger partial charge in [-0.2, -0.15) is 0 Å². The first kappa shape index (κ1) is 12.0. The summed E-state index contributed by atoms with van der Waals surface area (Å²) in [6, 6.07) is 5.32. The summed E-state index contributed by atoms with van der Waals surface area (Å²) >= 11 is 0. The van der Waals surface area contributed by atoms with E-state index in [-0.39, 0.29) is 21.9 Å². The van der Waals surface area contributed by atoms with Crippen molar-refractivity contribution in [3.8, 4) is 0 Å². The van der Waals surface area contributed by atoms with Crippen molar-refractivity contribution in [3.63, 3.8) is 0 Å². The first-order chi connectivity index (χ1) is 7.89. The number of nitrogens with zero attached hydrogens (tertiary/aromatic N) is 1. The second kappa shape index (κ2) is 3.81. The Balaban J connectivity index is 2.46. The molecule has 0 aromatic heterocycles. The zero-order valence-electron chi connectivity index (χ0n) is 10.4. The smallest absolute Gasteiger partial charge is 0.272 e. The van der Waals surface area contributed by atoms with E-state index in [4.69, 9.17) is 5.73 Å². The van der Waals surface area contributed by atoms with Crippen LogP contribution >= 0.6 is 0 Å². The maximum Gasteiger partial charge on any atom is 0.272 e. The molecule has 17 heavy (non-hydrogen) atoms. The molecule has 4 heteroatoms. The largest absolute Gasteiger partial charge is 0.330 e. The summed E-state index contributed by atoms with van der Waals surface area (Å²) in [6.07, 6.45) is 0. The molecule has 0 amide bonds. The third-order valence-electron chi connectivity index (χ3n) is 4.02. The van der Waals surface area contributed by atoms with Crippen LogP contribution in [0, 0.1) is 28.4 Å². The van der Waals surface area contributed by atoms with Crippen LogP contribution in [0.5, 0.6) is 0 Å². The first-order valence-corrected chi connectivity index (χ1v) is 5.84. The summed E-state index contributed by atoms with van der Waals surface area (Å²) in [5.74, 6) is 0.566. The molecule has 0 aliphatic heterocycles. The Morgan fingerprint density at radius 2 is 2.12 bits per heavy atom. The lowest BCUT2D eigenvalue weighted by molar-refractivity contribution is -0.385. The van der Waals surface area contributed by atoms with Crippen LogP contribution in [0.1, 0.15) is 30.9 Å². The second-order valence-electron chi connectivity index (χ2n) is 5.46. The third-order valence-corrected chi connectivity index (χ3v) is 4.02. The van der Waals surface area contributed by atoms with Gasteiger partial charge in [-0.05, 0) is 30.9 Å². The second-order valence-corrected chi connectivity index (χ2v) is 5.46. The van der Waals surface area contributed by atoms with Crippen molar-refractivity contribution < 1.29 is 4.92 Å². The monoisotopic (exact) mass is 234 g/mol. The Bertz CT molecular complexity index is 468. The Hall–Kier alpha value is -1.42. The van der Waals surface area contributed by atoms with Crippen LogP contribution in [0.25, 0.3) is 0 Å². The molecule has 1 aliphatic carbocycles. The molecule has 2 atom stereocenters. The maximum absolute atomic E-state index is 11.0. The number of hydrogen-bond donors (Lipinski definition) is 1. The van der Waals surface area contributed by atoms with E-state index in [2.05, 4.69) is 13.8 Å². The van der Waals surface area contributed by atoms with Crippen molar-refractivity contribution in [2.24, 2.45) is 17.1 Å². The Labute approximate surface area is 101 Å². The highest BCUT2D eigenvalue weighted by Gasteiger charge is 2.58. The highest BCUT2D eigenvalue weighted by atomic mass is 16.6. The summed E-state index contributed by atoms with van der Waals surface area (Å²) in [5.41, 5.74) is 7.94. The lowest BCUT2D eigenvalue weighted by atomic mass is 10.00. The highest BCUT2D eigenvalue weighted by Crippen LogP contribution is 2.65. The summed E-state index contributed by atoms with van der Waals surface area (Å²) in [7, 11) is 0. The Morgan fingerprint density at radius 1 is 1.47 bits per heavy atom. The van der Waals surface area contributed by atoms with Gasteiger partial charge in [0.15, 0.2) is 0 Å². The van der Waals surface area contributed by atoms with E-state index in [1.165, 1.54) is 0 Å². The quantitative estimate of drug-likeness (QED) is 0.645. The van der Waals surface area contributed by atoms with Gasteiger partial charge in [0, 0.05) is 17.5 Å². The van der Waals surface area contributed by atoms with Crippen molar-refractivity contribution >= 4 is 5.69 Å². The molecule has 4 nitrogen and oxygen atoms in total. The van der Waals surface area contributed by atoms with Crippen LogP contribution in [0.2, 0.25) is 0 Å². The standard InChI is InChI=1S/C13H18N2O2/c1-8-4-5-11(15(16)17)9(6-8)12-10(7-14)13(12,2)3/h4-6,10,12H,7,14H2,1-3H3/t10-,12-/m1/s1. The fraction of sp³-hybridized carbons (Fsp3) is 0.538. The molecule has 1 aromatic carbocycles. The van der Waals surface area contributed by atoms with Gasteiger partial charge in [-0.25, -0.2) is 0 Å². The van der Waals surface area contributed by atoms with Gasteiger partial charge in [0.1, 0.15) is 0 Å². The molecule has 0 spiro atoms. The Kier molecular flexibility index (Phi) is 2.70. The van der Waals surface area contributed by atoms with E-state index in [0.717, 1.165) is 11.1 Å². The zero-order valence-corrected chi connectivity index (χ0v) is 10.4. The minimum Gasteiger partial charge on any atom is -0.330 e. The van der Waals surface area contributed by atoms with E-state index in [1.54, 1.807) is 12.1 Å². The molecule has 0 bridgehead atoms. The van der Waals surface area contributed by atoms with Crippen LogP contribution in [0.4, 0.5) is 5.69 Å². The number of nitro benzene ring substituents is 1. The van der Waals surface area contributed by atoms with Crippen molar-refractivity contribution in [1.82, 2.24) is 0 Å². The van der Waals surface area contributed by atoms with Crippen LogP contribution < -0.4 is 5.73 Å². The first-order valence-electron chi connectivity index (χ1n) is 5.84. The molecule has 1 saturated carbocycles. The molecule has 0 unspecified atom stereocenters. The van der Waals surface area contributed by atoms with E-state index in [9.17, 15) is 10.1 Å². The minimum absolute atomic E-state index is 0.0767. The van der Waals surface area contributed by atoms with Crippen LogP contribution in [-0.2, 0) is 0 Å². The van der Waals surface area contributed by atoms with Gasteiger partial charge in [-0.1, -0.05) is 25.5 Å². The number of hydrogen-bond acceptors (Lipinski definition) is 3. The van der Waals surface area contributed by atoms with Gasteiger partial charge in [0.2, 0.25) is 0 Å². The molecule has 0 radical (unpaired) electrons. The molecule has 92 valence electrons. The third kappa shape index (κ3) is 1.82. The van der Waals surface area contributed by atoms with Gasteiger partial charge < -0.3 is 5.73 Å². The molecular weight excluding hydrogens is 216 g/mol. The fourth-order valence-corrected chi connectivity index (χ4v) is 2.89. The van der Waals surface area contributed by atoms with Crippen molar-refractivity contribution in [1.29, 1.82) is 0 Å². The molecule has 1 aromatic rings. The SMILES string of the molecule is Cc1ccc([N+](=O)[O-])c([C@@H]2[C@@H](CN)C2(C)C)c1. The van der Waals surface area contributed by atoms with Gasteiger partial charge in [-0.3, -0.25) is 10.1 Å². The molecule has 2 N–H and O–H groups in total. The van der Waals surface area contributed by atoms with Crippen molar-refractivity contribution in [2.75, 3.05) is 6.54 Å². The number of aryl methyl sites for hydroxylation is 1. The number of rotatable bonds is 3. The number of benzene rings is 1. The predicted octanol–water partition coefficient (Wildman–Crippen LogP) is 2.60. The summed E-state index contributed by atoms with van der Waals surface area (Å²) in [6.45, 7) is 6.80. The van der Waals surface area contributed by atoms with Gasteiger partial charge in [-0.15, -0.1) is 0 Å². The minimum atomic E-state index is -0.295. The summed E-state index contributed by atoms with van der Waals surface area (Å²) in [4.78, 5) is 10.8. The predicted molar refractivity (Wildman–Crippen MR) is 66.9 cm³/mol. The topological polar surface area (TPSA) is 69.2 Å². The zero-order chi connectivity index (χ0) is 12.8. The fourth-order valence-electron chi connectivity index (χ4n) is 2.89. The summed E-state index contributed by atoms with van der Waals surface area (Å²) in [5, 5.41) is 11.0. The lowest BCUT2D eigenvalue weighted by Gasteiger charge is -2.05. The molecule has 2 rings (SSSR count). The van der Waals surface area contributed by atoms with Gasteiger partial charge in [0.05, 0.1) is 4.92 Å². The van der Waals surface area contributed by atoms with Crippen LogP contribution in [0.3, 0.4) is 0 Å². The average Bonchev–Trinajstić information content (AvgIpc) is 2.79. The number of nitro groups is 1. The van der Waals surface area contributed by atoms with Crippen molar-refractivity contribution in [3.05, 3.63) is 39.4 Å². The van der Waals surface area contributed by atoms with Gasteiger partial charge >= 0.3 is 0 Å². The van der Waals surface area contributed by atoms with Crippen LogP contribution in [-0.4, -0.2) is 11.5 Å². The van der Waals surface area contributed by atoms with E-state index in [1.807, 2.05) is 13.0 Å². The highest BCUT2D eigenvalue weighted by molar-refractivity contribution is 5.49.